The first kappa shape index (κ1) is 18.9. The average molecular weight is 409 g/mol. The Hall–Kier alpha value is -3.43. The van der Waals surface area contributed by atoms with Gasteiger partial charge >= 0.3 is 0 Å². The number of imide groups is 1. The zero-order chi connectivity index (χ0) is 20.4. The zero-order valence-corrected chi connectivity index (χ0v) is 15.8. The van der Waals surface area contributed by atoms with E-state index in [4.69, 9.17) is 9.52 Å². The minimum Gasteiger partial charge on any atom is -0.456 e. The van der Waals surface area contributed by atoms with Gasteiger partial charge in [0, 0.05) is 41.5 Å². The molecule has 0 unspecified atom stereocenters. The number of nitrogens with one attached hydrogen (secondary N) is 2. The van der Waals surface area contributed by atoms with Crippen LogP contribution in [0.25, 0.3) is 28.2 Å². The lowest BCUT2D eigenvalue weighted by atomic mass is 10.0. The fourth-order valence-corrected chi connectivity index (χ4v) is 3.54. The molecule has 3 aromatic rings. The maximum absolute atomic E-state index is 12.0. The second-order valence-corrected chi connectivity index (χ2v) is 7.18. The van der Waals surface area contributed by atoms with Gasteiger partial charge in [-0.1, -0.05) is 12.1 Å². The van der Waals surface area contributed by atoms with E-state index in [2.05, 4.69) is 15.6 Å². The number of hydrogen-bond acceptors (Lipinski definition) is 7. The molecular weight excluding hydrogens is 394 g/mol. The van der Waals surface area contributed by atoms with E-state index in [-0.39, 0.29) is 24.0 Å². The SMILES string of the molecule is O=C1NC(=O)/C(=C\c2cc3cncc(-c4ccc(C(=O)NCCO)cc4)c3o2)S1. The molecule has 8 nitrogen and oxygen atoms in total. The normalized spacial score (nSPS) is 15.1. The molecule has 0 bridgehead atoms. The Balaban J connectivity index is 1.65. The summed E-state index contributed by atoms with van der Waals surface area (Å²) < 4.78 is 5.90. The predicted octanol–water partition coefficient (Wildman–Crippen LogP) is 2.54. The van der Waals surface area contributed by atoms with Gasteiger partial charge in [-0.2, -0.15) is 0 Å². The summed E-state index contributed by atoms with van der Waals surface area (Å²) in [7, 11) is 0. The van der Waals surface area contributed by atoms with E-state index in [1.54, 1.807) is 42.7 Å². The van der Waals surface area contributed by atoms with Crippen LogP contribution in [0.1, 0.15) is 16.1 Å². The molecule has 29 heavy (non-hydrogen) atoms. The number of aromatic nitrogens is 1. The van der Waals surface area contributed by atoms with E-state index in [1.165, 1.54) is 6.08 Å². The second kappa shape index (κ2) is 7.90. The van der Waals surface area contributed by atoms with Crippen LogP contribution in [0.5, 0.6) is 0 Å². The van der Waals surface area contributed by atoms with Crippen molar-refractivity contribution in [1.82, 2.24) is 15.6 Å². The van der Waals surface area contributed by atoms with E-state index in [0.717, 1.165) is 28.3 Å². The number of benzene rings is 1. The number of rotatable bonds is 5. The number of furan rings is 1. The maximum atomic E-state index is 12.0. The molecule has 1 aliphatic heterocycles. The summed E-state index contributed by atoms with van der Waals surface area (Å²) in [4.78, 5) is 39.5. The van der Waals surface area contributed by atoms with Crippen molar-refractivity contribution >= 4 is 45.9 Å². The summed E-state index contributed by atoms with van der Waals surface area (Å²) in [5.74, 6) is -0.286. The lowest BCUT2D eigenvalue weighted by Gasteiger charge is -2.05. The Kier molecular flexibility index (Phi) is 5.15. The van der Waals surface area contributed by atoms with Crippen molar-refractivity contribution < 1.29 is 23.9 Å². The maximum Gasteiger partial charge on any atom is 0.290 e. The first-order valence-electron chi connectivity index (χ1n) is 8.67. The van der Waals surface area contributed by atoms with Gasteiger partial charge in [0.2, 0.25) is 0 Å². The second-order valence-electron chi connectivity index (χ2n) is 6.16. The van der Waals surface area contributed by atoms with Crippen molar-refractivity contribution in [3.05, 3.63) is 59.0 Å². The van der Waals surface area contributed by atoms with Gasteiger partial charge in [0.1, 0.15) is 11.3 Å². The summed E-state index contributed by atoms with van der Waals surface area (Å²) in [6.45, 7) is 0.0687. The molecule has 9 heteroatoms. The Bertz CT molecular complexity index is 1150. The van der Waals surface area contributed by atoms with Gasteiger partial charge in [0.25, 0.3) is 17.1 Å². The lowest BCUT2D eigenvalue weighted by molar-refractivity contribution is -0.115. The zero-order valence-electron chi connectivity index (χ0n) is 15.0. The molecule has 3 amide bonds. The van der Waals surface area contributed by atoms with Gasteiger partial charge in [0.15, 0.2) is 0 Å². The van der Waals surface area contributed by atoms with E-state index in [9.17, 15) is 14.4 Å². The van der Waals surface area contributed by atoms with Crippen LogP contribution in [0.3, 0.4) is 0 Å². The first-order chi connectivity index (χ1) is 14.0. The first-order valence-corrected chi connectivity index (χ1v) is 9.48. The van der Waals surface area contributed by atoms with Crippen LogP contribution in [0.2, 0.25) is 0 Å². The highest BCUT2D eigenvalue weighted by atomic mass is 32.2. The van der Waals surface area contributed by atoms with Crippen molar-refractivity contribution in [2.75, 3.05) is 13.2 Å². The fourth-order valence-electron chi connectivity index (χ4n) is 2.88. The van der Waals surface area contributed by atoms with Crippen molar-refractivity contribution in [3.8, 4) is 11.1 Å². The number of fused-ring (bicyclic) bond motifs is 1. The van der Waals surface area contributed by atoms with Gasteiger partial charge in [-0.25, -0.2) is 0 Å². The monoisotopic (exact) mass is 409 g/mol. The molecule has 0 spiro atoms. The van der Waals surface area contributed by atoms with Crippen LogP contribution in [0, 0.1) is 0 Å². The standard InChI is InChI=1S/C20H15N3O5S/c24-6-5-22-18(25)12-3-1-11(2-4-12)15-10-21-9-13-7-14(28-17(13)15)8-16-19(26)23-20(27)29-16/h1-4,7-10,24H,5-6H2,(H,22,25)(H,23,26,27)/b16-8+. The smallest absolute Gasteiger partial charge is 0.290 e. The number of nitrogens with zero attached hydrogens (tertiary/aromatic N) is 1. The topological polar surface area (TPSA) is 122 Å². The number of aliphatic hydroxyl groups excluding tert-OH is 1. The van der Waals surface area contributed by atoms with Crippen LogP contribution < -0.4 is 10.6 Å². The quantitative estimate of drug-likeness (QED) is 0.554. The third-order valence-electron chi connectivity index (χ3n) is 4.21. The molecular formula is C20H15N3O5S. The Morgan fingerprint density at radius 1 is 1.24 bits per heavy atom. The molecule has 3 heterocycles. The fraction of sp³-hybridized carbons (Fsp3) is 0.100. The van der Waals surface area contributed by atoms with Crippen LogP contribution in [0.15, 0.2) is 52.0 Å². The minimum atomic E-state index is -0.450. The molecule has 0 saturated carbocycles. The molecule has 3 N–H and O–H groups in total. The molecule has 2 aromatic heterocycles. The van der Waals surface area contributed by atoms with E-state index in [0.29, 0.717) is 16.9 Å². The number of amides is 3. The number of pyridine rings is 1. The molecule has 146 valence electrons. The highest BCUT2D eigenvalue weighted by Gasteiger charge is 2.25. The molecule has 4 rings (SSSR count). The predicted molar refractivity (Wildman–Crippen MR) is 108 cm³/mol. The van der Waals surface area contributed by atoms with Gasteiger partial charge < -0.3 is 14.8 Å². The largest absolute Gasteiger partial charge is 0.456 e. The summed E-state index contributed by atoms with van der Waals surface area (Å²) in [6.07, 6.45) is 4.82. The number of aliphatic hydroxyl groups is 1. The molecule has 1 aromatic carbocycles. The lowest BCUT2D eigenvalue weighted by Crippen LogP contribution is -2.26. The molecule has 1 saturated heterocycles. The van der Waals surface area contributed by atoms with Gasteiger partial charge in [-0.3, -0.25) is 24.7 Å². The number of carbonyl (C=O) groups excluding carboxylic acids is 3. The molecule has 1 fully saturated rings. The Labute approximate surface area is 169 Å². The summed E-state index contributed by atoms with van der Waals surface area (Å²) in [5.41, 5.74) is 2.59. The third kappa shape index (κ3) is 3.91. The molecule has 1 aliphatic rings. The number of hydrogen-bond donors (Lipinski definition) is 3. The van der Waals surface area contributed by atoms with Crippen molar-refractivity contribution in [2.45, 2.75) is 0 Å². The van der Waals surface area contributed by atoms with Gasteiger partial charge in [0.05, 0.1) is 11.5 Å². The van der Waals surface area contributed by atoms with E-state index < -0.39 is 11.1 Å². The molecule has 0 aliphatic carbocycles. The molecule has 0 radical (unpaired) electrons. The minimum absolute atomic E-state index is 0.122. The van der Waals surface area contributed by atoms with Gasteiger partial charge in [-0.05, 0) is 35.5 Å². The summed E-state index contributed by atoms with van der Waals surface area (Å²) in [5, 5.41) is 13.9. The van der Waals surface area contributed by atoms with Crippen molar-refractivity contribution in [1.29, 1.82) is 0 Å². The van der Waals surface area contributed by atoms with Crippen LogP contribution >= 0.6 is 11.8 Å². The summed E-state index contributed by atoms with van der Waals surface area (Å²) in [6, 6.07) is 8.66. The molecule has 0 atom stereocenters. The van der Waals surface area contributed by atoms with Crippen LogP contribution in [-0.2, 0) is 4.79 Å². The van der Waals surface area contributed by atoms with E-state index >= 15 is 0 Å². The Morgan fingerprint density at radius 2 is 2.03 bits per heavy atom. The van der Waals surface area contributed by atoms with E-state index in [1.807, 2.05) is 0 Å². The van der Waals surface area contributed by atoms with Crippen LogP contribution in [-0.4, -0.2) is 40.3 Å². The highest BCUT2D eigenvalue weighted by Crippen LogP contribution is 2.32. The van der Waals surface area contributed by atoms with Crippen molar-refractivity contribution in [2.24, 2.45) is 0 Å². The third-order valence-corrected chi connectivity index (χ3v) is 5.02. The van der Waals surface area contributed by atoms with Gasteiger partial charge in [-0.15, -0.1) is 0 Å². The number of carbonyl (C=O) groups is 3. The number of thioether (sulfide) groups is 1. The summed E-state index contributed by atoms with van der Waals surface area (Å²) >= 11 is 0.821. The highest BCUT2D eigenvalue weighted by molar-refractivity contribution is 8.18. The Morgan fingerprint density at radius 3 is 2.72 bits per heavy atom. The average Bonchev–Trinajstić information content (AvgIpc) is 3.27. The van der Waals surface area contributed by atoms with Crippen LogP contribution in [0.4, 0.5) is 4.79 Å². The van der Waals surface area contributed by atoms with Crippen molar-refractivity contribution in [3.63, 3.8) is 0 Å².